The molecule has 1 atom stereocenters. The summed E-state index contributed by atoms with van der Waals surface area (Å²) in [5.74, 6) is 0.423. The average molecular weight is 481 g/mol. The third kappa shape index (κ3) is 4.78. The molecule has 0 spiro atoms. The summed E-state index contributed by atoms with van der Waals surface area (Å²) in [6.45, 7) is 3.61. The van der Waals surface area contributed by atoms with Crippen molar-refractivity contribution in [2.45, 2.75) is 26.6 Å². The number of nitrogens with zero attached hydrogens (tertiary/aromatic N) is 2. The molecule has 2 N–H and O–H groups in total. The van der Waals surface area contributed by atoms with Gasteiger partial charge in [0, 0.05) is 7.11 Å². The third-order valence-corrected chi connectivity index (χ3v) is 6.36. The number of aromatic nitrogens is 2. The monoisotopic (exact) mass is 480 g/mol. The van der Waals surface area contributed by atoms with E-state index in [1.165, 1.54) is 18.4 Å². The first-order valence-electron chi connectivity index (χ1n) is 10.5. The largest absolute Gasteiger partial charge is 0.481 e. The van der Waals surface area contributed by atoms with Gasteiger partial charge < -0.3 is 14.2 Å². The third-order valence-electron chi connectivity index (χ3n) is 5.18. The van der Waals surface area contributed by atoms with Gasteiger partial charge in [0.05, 0.1) is 17.4 Å². The molecule has 2 amide bonds. The van der Waals surface area contributed by atoms with Gasteiger partial charge in [-0.1, -0.05) is 30.3 Å². The second-order valence-corrected chi connectivity index (χ2v) is 8.53. The van der Waals surface area contributed by atoms with E-state index in [4.69, 9.17) is 14.2 Å². The Labute approximate surface area is 200 Å². The molecular weight excluding hydrogens is 456 g/mol. The number of hydrogen-bond donors (Lipinski definition) is 2. The lowest BCUT2D eigenvalue weighted by Gasteiger charge is -2.15. The Morgan fingerprint density at radius 2 is 1.82 bits per heavy atom. The van der Waals surface area contributed by atoms with Crippen molar-refractivity contribution < 1.29 is 23.8 Å². The van der Waals surface area contributed by atoms with Gasteiger partial charge in [0.15, 0.2) is 11.9 Å². The first-order chi connectivity index (χ1) is 16.4. The molecule has 34 heavy (non-hydrogen) atoms. The minimum atomic E-state index is -0.826. The first-order valence-corrected chi connectivity index (χ1v) is 11.3. The molecule has 4 aromatic rings. The van der Waals surface area contributed by atoms with E-state index in [-0.39, 0.29) is 6.61 Å². The van der Waals surface area contributed by atoms with E-state index in [1.807, 2.05) is 36.4 Å². The minimum Gasteiger partial charge on any atom is -0.481 e. The summed E-state index contributed by atoms with van der Waals surface area (Å²) in [5.41, 5.74) is 5.54. The van der Waals surface area contributed by atoms with Crippen LogP contribution in [0.25, 0.3) is 21.0 Å². The number of methoxy groups -OCH3 is 2. The Balaban J connectivity index is 1.44. The number of hydrogen-bond acceptors (Lipinski definition) is 8. The Kier molecular flexibility index (Phi) is 6.90. The second-order valence-electron chi connectivity index (χ2n) is 7.53. The molecule has 9 nitrogen and oxygen atoms in total. The minimum absolute atomic E-state index is 0.218. The molecule has 4 rings (SSSR count). The van der Waals surface area contributed by atoms with Crippen molar-refractivity contribution in [3.63, 3.8) is 0 Å². The quantitative estimate of drug-likeness (QED) is 0.389. The van der Waals surface area contributed by atoms with E-state index in [0.717, 1.165) is 10.8 Å². The summed E-state index contributed by atoms with van der Waals surface area (Å²) in [6.07, 6.45) is -0.826. The van der Waals surface area contributed by atoms with Crippen LogP contribution in [0.5, 0.6) is 11.6 Å². The molecular formula is C24H24N4O5S. The number of ether oxygens (including phenoxy) is 3. The Morgan fingerprint density at radius 1 is 1.06 bits per heavy atom. The van der Waals surface area contributed by atoms with Gasteiger partial charge in [-0.05, 0) is 42.3 Å². The number of carbonyl (C=O) groups excluding carboxylic acids is 2. The van der Waals surface area contributed by atoms with E-state index in [0.29, 0.717) is 38.1 Å². The van der Waals surface area contributed by atoms with Crippen LogP contribution in [0.15, 0.2) is 42.5 Å². The maximum Gasteiger partial charge on any atom is 0.280 e. The van der Waals surface area contributed by atoms with Crippen LogP contribution >= 0.6 is 11.3 Å². The van der Waals surface area contributed by atoms with E-state index in [1.54, 1.807) is 27.0 Å². The molecule has 0 saturated carbocycles. The summed E-state index contributed by atoms with van der Waals surface area (Å²) in [5, 5.41) is 2.73. The van der Waals surface area contributed by atoms with Crippen LogP contribution in [0.3, 0.4) is 0 Å². The molecule has 0 aliphatic heterocycles. The molecule has 0 saturated heterocycles. The summed E-state index contributed by atoms with van der Waals surface area (Å²) < 4.78 is 16.2. The van der Waals surface area contributed by atoms with E-state index in [2.05, 4.69) is 20.8 Å². The number of fused-ring (bicyclic) bond motifs is 2. The topological polar surface area (TPSA) is 112 Å². The molecule has 0 bridgehead atoms. The van der Waals surface area contributed by atoms with Gasteiger partial charge >= 0.3 is 0 Å². The van der Waals surface area contributed by atoms with Crippen LogP contribution in [0.2, 0.25) is 0 Å². The normalized spacial score (nSPS) is 11.9. The van der Waals surface area contributed by atoms with Gasteiger partial charge in [-0.3, -0.25) is 20.4 Å². The van der Waals surface area contributed by atoms with Crippen LogP contribution in [0, 0.1) is 6.92 Å². The number of amides is 2. The highest BCUT2D eigenvalue weighted by Crippen LogP contribution is 2.35. The van der Waals surface area contributed by atoms with Crippen LogP contribution in [0.1, 0.15) is 28.0 Å². The number of nitrogens with one attached hydrogen (secondary N) is 2. The van der Waals surface area contributed by atoms with E-state index in [9.17, 15) is 9.59 Å². The van der Waals surface area contributed by atoms with Gasteiger partial charge in [0.2, 0.25) is 5.88 Å². The first kappa shape index (κ1) is 23.4. The van der Waals surface area contributed by atoms with Crippen LogP contribution < -0.4 is 20.3 Å². The molecule has 10 heteroatoms. The van der Waals surface area contributed by atoms with Crippen LogP contribution in [0.4, 0.5) is 0 Å². The van der Waals surface area contributed by atoms with Crippen molar-refractivity contribution in [3.05, 3.63) is 58.7 Å². The molecule has 2 aromatic carbocycles. The molecule has 2 aromatic heterocycles. The van der Waals surface area contributed by atoms with Gasteiger partial charge in [0.25, 0.3) is 11.8 Å². The van der Waals surface area contributed by atoms with Gasteiger partial charge in [0.1, 0.15) is 17.2 Å². The van der Waals surface area contributed by atoms with Gasteiger partial charge in [-0.2, -0.15) is 4.98 Å². The molecule has 0 radical (unpaired) electrons. The Hall–Kier alpha value is -3.76. The zero-order valence-corrected chi connectivity index (χ0v) is 20.0. The molecule has 0 fully saturated rings. The fourth-order valence-corrected chi connectivity index (χ4v) is 4.56. The Bertz CT molecular complexity index is 1370. The molecule has 0 aliphatic carbocycles. The second kappa shape index (κ2) is 10.0. The molecule has 1 unspecified atom stereocenters. The summed E-state index contributed by atoms with van der Waals surface area (Å²) in [7, 11) is 3.05. The number of rotatable bonds is 7. The molecule has 0 aliphatic rings. The average Bonchev–Trinajstić information content (AvgIpc) is 3.18. The number of thiophene rings is 1. The highest BCUT2D eigenvalue weighted by molar-refractivity contribution is 7.20. The molecule has 176 valence electrons. The predicted molar refractivity (Wildman–Crippen MR) is 129 cm³/mol. The lowest BCUT2D eigenvalue weighted by Crippen LogP contribution is -2.47. The zero-order valence-electron chi connectivity index (χ0n) is 19.2. The van der Waals surface area contributed by atoms with Crippen LogP contribution in [-0.4, -0.2) is 42.1 Å². The van der Waals surface area contributed by atoms with Gasteiger partial charge in [-0.15, -0.1) is 11.3 Å². The fourth-order valence-electron chi connectivity index (χ4n) is 3.48. The number of carbonyl (C=O) groups is 2. The summed E-state index contributed by atoms with van der Waals surface area (Å²) >= 11 is 1.18. The van der Waals surface area contributed by atoms with E-state index >= 15 is 0 Å². The zero-order chi connectivity index (χ0) is 24.2. The number of aryl methyl sites for hydroxylation is 1. The molecule has 2 heterocycles. The van der Waals surface area contributed by atoms with Crippen molar-refractivity contribution in [2.24, 2.45) is 0 Å². The summed E-state index contributed by atoms with van der Waals surface area (Å²) in [6, 6.07) is 13.5. The summed E-state index contributed by atoms with van der Waals surface area (Å²) in [4.78, 5) is 35.1. The maximum atomic E-state index is 12.8. The lowest BCUT2D eigenvalue weighted by atomic mass is 10.1. The van der Waals surface area contributed by atoms with Crippen LogP contribution in [-0.2, 0) is 16.1 Å². The standard InChI is InChI=1S/C24H24N4O5S/c1-13-19-23(32-4)25-18(12-31-3)26-24(19)34-20(13)22(30)28-27-21(29)14(2)33-17-10-9-15-7-5-6-8-16(15)11-17/h5-11,14H,12H2,1-4H3,(H,27,29)(H,28,30). The van der Waals surface area contributed by atoms with E-state index < -0.39 is 17.9 Å². The maximum absolute atomic E-state index is 12.8. The number of benzene rings is 2. The van der Waals surface area contributed by atoms with Crippen molar-refractivity contribution in [3.8, 4) is 11.6 Å². The van der Waals surface area contributed by atoms with Crippen molar-refractivity contribution in [1.82, 2.24) is 20.8 Å². The SMILES string of the molecule is COCc1nc(OC)c2c(C)c(C(=O)NNC(=O)C(C)Oc3ccc4ccccc4c3)sc2n1. The number of hydrazine groups is 1. The fraction of sp³-hybridized carbons (Fsp3) is 0.250. The van der Waals surface area contributed by atoms with Crippen molar-refractivity contribution >= 4 is 44.1 Å². The highest BCUT2D eigenvalue weighted by atomic mass is 32.1. The smallest absolute Gasteiger partial charge is 0.280 e. The predicted octanol–water partition coefficient (Wildman–Crippen LogP) is 3.54. The highest BCUT2D eigenvalue weighted by Gasteiger charge is 2.22. The lowest BCUT2D eigenvalue weighted by molar-refractivity contribution is -0.128. The van der Waals surface area contributed by atoms with Crippen molar-refractivity contribution in [1.29, 1.82) is 0 Å². The van der Waals surface area contributed by atoms with Gasteiger partial charge in [-0.25, -0.2) is 4.98 Å². The Morgan fingerprint density at radius 3 is 2.56 bits per heavy atom. The van der Waals surface area contributed by atoms with Crippen molar-refractivity contribution in [2.75, 3.05) is 14.2 Å².